The number of fused-ring (bicyclic) bond motifs is 2. The van der Waals surface area contributed by atoms with Crippen molar-refractivity contribution in [1.29, 1.82) is 0 Å². The first-order chi connectivity index (χ1) is 6.93. The first kappa shape index (κ1) is 10.6. The summed E-state index contributed by atoms with van der Waals surface area (Å²) in [6.07, 6.45) is 3.22. The Labute approximate surface area is 89.8 Å². The second kappa shape index (κ2) is 3.30. The molecular formula is C11H18N2O2. The van der Waals surface area contributed by atoms with Crippen molar-refractivity contribution >= 4 is 11.7 Å². The Morgan fingerprint density at radius 1 is 1.33 bits per heavy atom. The lowest BCUT2D eigenvalue weighted by Crippen LogP contribution is -2.60. The van der Waals surface area contributed by atoms with Crippen molar-refractivity contribution in [3.05, 3.63) is 0 Å². The first-order valence-corrected chi connectivity index (χ1v) is 5.53. The average Bonchev–Trinajstić information content (AvgIpc) is 2.39. The second-order valence-corrected chi connectivity index (χ2v) is 5.16. The van der Waals surface area contributed by atoms with Gasteiger partial charge in [-0.2, -0.15) is 0 Å². The van der Waals surface area contributed by atoms with Gasteiger partial charge in [-0.05, 0) is 26.7 Å². The van der Waals surface area contributed by atoms with E-state index in [0.717, 1.165) is 12.8 Å². The highest BCUT2D eigenvalue weighted by Crippen LogP contribution is 2.38. The maximum absolute atomic E-state index is 11.4. The number of hydrogen-bond donors (Lipinski definition) is 1. The van der Waals surface area contributed by atoms with Gasteiger partial charge in [0.25, 0.3) is 0 Å². The van der Waals surface area contributed by atoms with Gasteiger partial charge in [-0.25, -0.2) is 0 Å². The summed E-state index contributed by atoms with van der Waals surface area (Å²) >= 11 is 0. The molecule has 2 unspecified atom stereocenters. The molecule has 84 valence electrons. The van der Waals surface area contributed by atoms with E-state index in [-0.39, 0.29) is 18.0 Å². The smallest absolute Gasteiger partial charge is 0.237 e. The first-order valence-electron chi connectivity index (χ1n) is 5.53. The molecule has 2 atom stereocenters. The molecule has 2 saturated heterocycles. The van der Waals surface area contributed by atoms with E-state index in [0.29, 0.717) is 18.6 Å². The van der Waals surface area contributed by atoms with Gasteiger partial charge in [0.15, 0.2) is 0 Å². The molecule has 2 aliphatic rings. The zero-order valence-electron chi connectivity index (χ0n) is 9.32. The number of amides is 1. The molecule has 0 aromatic rings. The predicted molar refractivity (Wildman–Crippen MR) is 56.2 cm³/mol. The van der Waals surface area contributed by atoms with Crippen molar-refractivity contribution in [1.82, 2.24) is 4.90 Å². The molecule has 0 spiro atoms. The Kier molecular flexibility index (Phi) is 2.34. The van der Waals surface area contributed by atoms with Gasteiger partial charge in [0.2, 0.25) is 5.91 Å². The van der Waals surface area contributed by atoms with Crippen LogP contribution in [0.25, 0.3) is 0 Å². The van der Waals surface area contributed by atoms with Crippen LogP contribution in [-0.2, 0) is 9.59 Å². The van der Waals surface area contributed by atoms with Gasteiger partial charge in [-0.1, -0.05) is 0 Å². The van der Waals surface area contributed by atoms with E-state index < -0.39 is 5.54 Å². The maximum Gasteiger partial charge on any atom is 0.237 e. The van der Waals surface area contributed by atoms with Crippen LogP contribution in [0.1, 0.15) is 39.5 Å². The number of ketones is 1. The number of Topliss-reactive ketones (excluding diaryl/α,β-unsaturated/α-hetero) is 1. The van der Waals surface area contributed by atoms with Gasteiger partial charge in [-0.15, -0.1) is 0 Å². The molecule has 2 rings (SSSR count). The molecule has 0 aromatic heterocycles. The Bertz CT molecular complexity index is 296. The number of rotatable bonds is 2. The van der Waals surface area contributed by atoms with Crippen molar-refractivity contribution < 1.29 is 9.59 Å². The SMILES string of the molecule is CC(C)(C(N)=O)N1C2CCC1CC(=O)C2. The van der Waals surface area contributed by atoms with Crippen LogP contribution in [0.3, 0.4) is 0 Å². The lowest BCUT2D eigenvalue weighted by atomic mass is 9.92. The van der Waals surface area contributed by atoms with E-state index in [1.807, 2.05) is 13.8 Å². The topological polar surface area (TPSA) is 63.4 Å². The number of nitrogens with two attached hydrogens (primary N) is 1. The van der Waals surface area contributed by atoms with E-state index in [4.69, 9.17) is 5.73 Å². The minimum absolute atomic E-state index is 0.235. The predicted octanol–water partition coefficient (Wildman–Crippen LogP) is 0.446. The van der Waals surface area contributed by atoms with Crippen molar-refractivity contribution in [3.8, 4) is 0 Å². The number of carbonyl (C=O) groups is 2. The van der Waals surface area contributed by atoms with Gasteiger partial charge in [0, 0.05) is 24.9 Å². The van der Waals surface area contributed by atoms with Crippen LogP contribution in [0.2, 0.25) is 0 Å². The van der Waals surface area contributed by atoms with Crippen molar-refractivity contribution in [3.63, 3.8) is 0 Å². The summed E-state index contributed by atoms with van der Waals surface area (Å²) in [4.78, 5) is 25.0. The van der Waals surface area contributed by atoms with Gasteiger partial charge < -0.3 is 5.73 Å². The van der Waals surface area contributed by atoms with Crippen LogP contribution in [0.5, 0.6) is 0 Å². The van der Waals surface area contributed by atoms with Crippen molar-refractivity contribution in [2.75, 3.05) is 0 Å². The number of nitrogens with zero attached hydrogens (tertiary/aromatic N) is 1. The van der Waals surface area contributed by atoms with Crippen LogP contribution < -0.4 is 5.73 Å². The fourth-order valence-corrected chi connectivity index (χ4v) is 3.01. The van der Waals surface area contributed by atoms with Crippen LogP contribution in [0.15, 0.2) is 0 Å². The van der Waals surface area contributed by atoms with E-state index in [2.05, 4.69) is 4.90 Å². The summed E-state index contributed by atoms with van der Waals surface area (Å²) in [6, 6.07) is 0.470. The Hall–Kier alpha value is -0.900. The molecule has 1 amide bonds. The van der Waals surface area contributed by atoms with Gasteiger partial charge in [0.05, 0.1) is 5.54 Å². The molecule has 0 aromatic carbocycles. The maximum atomic E-state index is 11.4. The van der Waals surface area contributed by atoms with Gasteiger partial charge in [0.1, 0.15) is 5.78 Å². The molecule has 4 nitrogen and oxygen atoms in total. The lowest BCUT2D eigenvalue weighted by Gasteiger charge is -2.43. The summed E-state index contributed by atoms with van der Waals surface area (Å²) in [6.45, 7) is 3.72. The lowest BCUT2D eigenvalue weighted by molar-refractivity contribution is -0.136. The molecule has 0 aliphatic carbocycles. The number of hydrogen-bond acceptors (Lipinski definition) is 3. The molecule has 2 N–H and O–H groups in total. The highest BCUT2D eigenvalue weighted by molar-refractivity contribution is 5.85. The molecule has 0 saturated carbocycles. The van der Waals surface area contributed by atoms with E-state index in [1.165, 1.54) is 0 Å². The van der Waals surface area contributed by atoms with Crippen LogP contribution >= 0.6 is 0 Å². The standard InChI is InChI=1S/C11H18N2O2/c1-11(2,10(12)15)13-7-3-4-8(13)6-9(14)5-7/h7-8H,3-6H2,1-2H3,(H2,12,15). The molecule has 2 heterocycles. The molecular weight excluding hydrogens is 192 g/mol. The highest BCUT2D eigenvalue weighted by atomic mass is 16.2. The summed E-state index contributed by atoms with van der Waals surface area (Å²) in [7, 11) is 0. The molecule has 2 bridgehead atoms. The Morgan fingerprint density at radius 2 is 1.80 bits per heavy atom. The molecule has 0 radical (unpaired) electrons. The van der Waals surface area contributed by atoms with E-state index >= 15 is 0 Å². The largest absolute Gasteiger partial charge is 0.368 e. The van der Waals surface area contributed by atoms with E-state index in [1.54, 1.807) is 0 Å². The Balaban J connectivity index is 2.25. The summed E-state index contributed by atoms with van der Waals surface area (Å²) in [5, 5.41) is 0. The number of piperidine rings is 1. The van der Waals surface area contributed by atoms with Gasteiger partial charge in [-0.3, -0.25) is 14.5 Å². The third-order valence-corrected chi connectivity index (χ3v) is 3.79. The monoisotopic (exact) mass is 210 g/mol. The third kappa shape index (κ3) is 1.57. The highest BCUT2D eigenvalue weighted by Gasteiger charge is 2.48. The second-order valence-electron chi connectivity index (χ2n) is 5.16. The van der Waals surface area contributed by atoms with Crippen LogP contribution in [-0.4, -0.2) is 34.2 Å². The quantitative estimate of drug-likeness (QED) is 0.719. The fourth-order valence-electron chi connectivity index (χ4n) is 3.01. The summed E-state index contributed by atoms with van der Waals surface area (Å²) < 4.78 is 0. The number of carbonyl (C=O) groups excluding carboxylic acids is 2. The zero-order valence-corrected chi connectivity index (χ0v) is 9.32. The summed E-state index contributed by atoms with van der Waals surface area (Å²) in [5.41, 5.74) is 4.80. The summed E-state index contributed by atoms with van der Waals surface area (Å²) in [5.74, 6) is 0.0350. The Morgan fingerprint density at radius 3 is 2.20 bits per heavy atom. The molecule has 2 fully saturated rings. The van der Waals surface area contributed by atoms with Gasteiger partial charge >= 0.3 is 0 Å². The number of primary amides is 1. The minimum Gasteiger partial charge on any atom is -0.368 e. The minimum atomic E-state index is -0.619. The van der Waals surface area contributed by atoms with E-state index in [9.17, 15) is 9.59 Å². The normalized spacial score (nSPS) is 32.0. The molecule has 2 aliphatic heterocycles. The van der Waals surface area contributed by atoms with Crippen molar-refractivity contribution in [2.24, 2.45) is 5.73 Å². The molecule has 4 heteroatoms. The van der Waals surface area contributed by atoms with Crippen LogP contribution in [0.4, 0.5) is 0 Å². The third-order valence-electron chi connectivity index (χ3n) is 3.79. The molecule has 15 heavy (non-hydrogen) atoms. The van der Waals surface area contributed by atoms with Crippen molar-refractivity contribution in [2.45, 2.75) is 57.2 Å². The average molecular weight is 210 g/mol. The zero-order chi connectivity index (χ0) is 11.2. The van der Waals surface area contributed by atoms with Crippen LogP contribution in [0, 0.1) is 0 Å². The fraction of sp³-hybridized carbons (Fsp3) is 0.818.